The highest BCUT2D eigenvalue weighted by Gasteiger charge is 2.27. The maximum atomic E-state index is 9.23. The third kappa shape index (κ3) is 5.58. The van der Waals surface area contributed by atoms with Crippen LogP contribution in [0.4, 0.5) is 0 Å². The van der Waals surface area contributed by atoms with Crippen molar-refractivity contribution in [3.8, 4) is 11.3 Å². The zero-order valence-corrected chi connectivity index (χ0v) is 19.3. The molecule has 2 atom stereocenters. The van der Waals surface area contributed by atoms with E-state index in [1.165, 1.54) is 11.1 Å². The Balaban J connectivity index is 0.000000272. The van der Waals surface area contributed by atoms with Gasteiger partial charge in [0.05, 0.1) is 19.0 Å². The van der Waals surface area contributed by atoms with E-state index in [-0.39, 0.29) is 18.9 Å². The van der Waals surface area contributed by atoms with Gasteiger partial charge in [0.2, 0.25) is 0 Å². The summed E-state index contributed by atoms with van der Waals surface area (Å²) in [6.07, 6.45) is 4.78. The third-order valence-corrected chi connectivity index (χ3v) is 5.22. The predicted octanol–water partition coefficient (Wildman–Crippen LogP) is 5.49. The summed E-state index contributed by atoms with van der Waals surface area (Å²) in [6, 6.07) is 18.5. The quantitative estimate of drug-likeness (QED) is 0.463. The van der Waals surface area contributed by atoms with Gasteiger partial charge in [0, 0.05) is 5.56 Å². The molecule has 32 heavy (non-hydrogen) atoms. The first kappa shape index (κ1) is 23.6. The van der Waals surface area contributed by atoms with E-state index >= 15 is 0 Å². The number of aliphatic hydroxyl groups excluding tert-OH is 1. The van der Waals surface area contributed by atoms with E-state index < -0.39 is 0 Å². The van der Waals surface area contributed by atoms with Crippen LogP contribution in [0.1, 0.15) is 44.0 Å². The highest BCUT2D eigenvalue weighted by atomic mass is 16.5. The second-order valence-electron chi connectivity index (χ2n) is 7.54. The van der Waals surface area contributed by atoms with Crippen molar-refractivity contribution in [3.05, 3.63) is 78.4 Å². The van der Waals surface area contributed by atoms with E-state index in [1.54, 1.807) is 12.7 Å². The molecule has 6 nitrogen and oxygen atoms in total. The van der Waals surface area contributed by atoms with Crippen molar-refractivity contribution in [1.29, 1.82) is 0 Å². The first-order chi connectivity index (χ1) is 15.7. The van der Waals surface area contributed by atoms with Crippen molar-refractivity contribution in [2.75, 3.05) is 6.61 Å². The number of nitrogens with zero attached hydrogens (tertiary/aromatic N) is 4. The van der Waals surface area contributed by atoms with E-state index in [1.807, 2.05) is 48.7 Å². The van der Waals surface area contributed by atoms with Crippen LogP contribution < -0.4 is 0 Å². The largest absolute Gasteiger partial charge is 0.394 e. The van der Waals surface area contributed by atoms with Gasteiger partial charge in [-0.25, -0.2) is 15.0 Å². The summed E-state index contributed by atoms with van der Waals surface area (Å²) in [6.45, 7) is 8.19. The zero-order valence-electron chi connectivity index (χ0n) is 19.3. The highest BCUT2D eigenvalue weighted by Crippen LogP contribution is 2.32. The van der Waals surface area contributed by atoms with Crippen molar-refractivity contribution in [2.24, 2.45) is 0 Å². The molecule has 5 rings (SSSR count). The van der Waals surface area contributed by atoms with Crippen molar-refractivity contribution in [2.45, 2.75) is 52.9 Å². The first-order valence-electron chi connectivity index (χ1n) is 11.2. The van der Waals surface area contributed by atoms with Crippen molar-refractivity contribution < 1.29 is 9.84 Å². The second kappa shape index (κ2) is 11.5. The molecule has 1 aliphatic rings. The molecule has 0 amide bonds. The van der Waals surface area contributed by atoms with E-state index in [0.29, 0.717) is 0 Å². The van der Waals surface area contributed by atoms with Crippen LogP contribution in [0.3, 0.4) is 0 Å². The van der Waals surface area contributed by atoms with Gasteiger partial charge in [0.15, 0.2) is 5.65 Å². The van der Waals surface area contributed by atoms with E-state index in [0.717, 1.165) is 35.3 Å². The summed E-state index contributed by atoms with van der Waals surface area (Å²) in [7, 11) is 0. The SMILES string of the molecule is CC.Cc1ccc(-c2ncnc3c2ncn3C2CCC(CO)O2)cc1.Cc1ccccc1. The molecular formula is C26H32N4O2. The van der Waals surface area contributed by atoms with Crippen LogP contribution in [-0.4, -0.2) is 37.3 Å². The first-order valence-corrected chi connectivity index (χ1v) is 11.2. The van der Waals surface area contributed by atoms with Crippen LogP contribution in [0.2, 0.25) is 0 Å². The van der Waals surface area contributed by atoms with Crippen LogP contribution in [0.5, 0.6) is 0 Å². The molecule has 2 aromatic carbocycles. The smallest absolute Gasteiger partial charge is 0.165 e. The van der Waals surface area contributed by atoms with Crippen LogP contribution >= 0.6 is 0 Å². The van der Waals surface area contributed by atoms with Crippen LogP contribution in [0, 0.1) is 13.8 Å². The minimum absolute atomic E-state index is 0.0483. The normalized spacial score (nSPS) is 17.3. The summed E-state index contributed by atoms with van der Waals surface area (Å²) >= 11 is 0. The molecule has 2 aromatic heterocycles. The molecule has 0 saturated carbocycles. The number of imidazole rings is 1. The van der Waals surface area contributed by atoms with E-state index in [2.05, 4.69) is 53.1 Å². The number of hydrogen-bond acceptors (Lipinski definition) is 5. The van der Waals surface area contributed by atoms with Crippen molar-refractivity contribution in [1.82, 2.24) is 19.5 Å². The molecule has 6 heteroatoms. The van der Waals surface area contributed by atoms with Crippen LogP contribution in [0.15, 0.2) is 67.3 Å². The molecule has 1 aliphatic heterocycles. The van der Waals surface area contributed by atoms with Gasteiger partial charge in [-0.2, -0.15) is 0 Å². The van der Waals surface area contributed by atoms with Gasteiger partial charge in [-0.1, -0.05) is 79.6 Å². The third-order valence-electron chi connectivity index (χ3n) is 5.22. The Labute approximate surface area is 190 Å². The number of aliphatic hydroxyl groups is 1. The van der Waals surface area contributed by atoms with Gasteiger partial charge >= 0.3 is 0 Å². The average Bonchev–Trinajstić information content (AvgIpc) is 3.49. The lowest BCUT2D eigenvalue weighted by atomic mass is 10.1. The number of aromatic nitrogens is 4. The second-order valence-corrected chi connectivity index (χ2v) is 7.54. The van der Waals surface area contributed by atoms with Gasteiger partial charge in [0.1, 0.15) is 23.8 Å². The Bertz CT molecular complexity index is 1090. The van der Waals surface area contributed by atoms with E-state index in [9.17, 15) is 5.11 Å². The van der Waals surface area contributed by atoms with Gasteiger partial charge in [-0.15, -0.1) is 0 Å². The summed E-state index contributed by atoms with van der Waals surface area (Å²) in [5.74, 6) is 0. The topological polar surface area (TPSA) is 73.1 Å². The number of rotatable bonds is 3. The minimum Gasteiger partial charge on any atom is -0.394 e. The molecule has 0 spiro atoms. The van der Waals surface area contributed by atoms with Crippen LogP contribution in [0.25, 0.3) is 22.4 Å². The molecule has 1 fully saturated rings. The van der Waals surface area contributed by atoms with E-state index in [4.69, 9.17) is 4.74 Å². The summed E-state index contributed by atoms with van der Waals surface area (Å²) < 4.78 is 7.77. The lowest BCUT2D eigenvalue weighted by molar-refractivity contribution is -0.0207. The van der Waals surface area contributed by atoms with Crippen LogP contribution in [-0.2, 0) is 4.74 Å². The zero-order chi connectivity index (χ0) is 22.9. The Hall–Kier alpha value is -3.09. The number of fused-ring (bicyclic) bond motifs is 1. The van der Waals surface area contributed by atoms with Gasteiger partial charge in [0.25, 0.3) is 0 Å². The number of ether oxygens (including phenoxy) is 1. The maximum Gasteiger partial charge on any atom is 0.165 e. The van der Waals surface area contributed by atoms with Crippen molar-refractivity contribution in [3.63, 3.8) is 0 Å². The molecule has 1 N–H and O–H groups in total. The highest BCUT2D eigenvalue weighted by molar-refractivity contribution is 5.87. The summed E-state index contributed by atoms with van der Waals surface area (Å²) in [4.78, 5) is 13.3. The summed E-state index contributed by atoms with van der Waals surface area (Å²) in [5, 5.41) is 9.23. The molecule has 1 saturated heterocycles. The van der Waals surface area contributed by atoms with Gasteiger partial charge in [-0.05, 0) is 26.7 Å². The van der Waals surface area contributed by atoms with Gasteiger partial charge in [-0.3, -0.25) is 4.57 Å². The Morgan fingerprint density at radius 1 is 0.906 bits per heavy atom. The fourth-order valence-electron chi connectivity index (χ4n) is 3.55. The summed E-state index contributed by atoms with van der Waals surface area (Å²) in [5.41, 5.74) is 5.91. The Kier molecular flexibility index (Phi) is 8.48. The monoisotopic (exact) mass is 432 g/mol. The number of hydrogen-bond donors (Lipinski definition) is 1. The Morgan fingerprint density at radius 2 is 1.59 bits per heavy atom. The average molecular weight is 433 g/mol. The fraction of sp³-hybridized carbons (Fsp3) is 0.346. The molecule has 0 aliphatic carbocycles. The Morgan fingerprint density at radius 3 is 2.19 bits per heavy atom. The predicted molar refractivity (Wildman–Crippen MR) is 128 cm³/mol. The molecule has 4 aromatic rings. The number of benzene rings is 2. The standard InChI is InChI=1S/C17H18N4O2.C7H8.C2H6/c1-11-2-4-12(5-3-11)15-16-17(19-9-18-15)21(10-20-16)14-7-6-13(8-22)23-14;1-7-5-3-2-4-6-7;1-2/h2-5,9-10,13-14,22H,6-8H2,1H3;2-6H,1H3;1-2H3. The molecular weight excluding hydrogens is 400 g/mol. The molecule has 168 valence electrons. The molecule has 0 radical (unpaired) electrons. The molecule has 3 heterocycles. The van der Waals surface area contributed by atoms with Gasteiger partial charge < -0.3 is 9.84 Å². The maximum absolute atomic E-state index is 9.23. The van der Waals surface area contributed by atoms with Crippen molar-refractivity contribution >= 4 is 11.2 Å². The minimum atomic E-state index is -0.127. The molecule has 0 bridgehead atoms. The number of aryl methyl sites for hydroxylation is 2. The molecule has 2 unspecified atom stereocenters. The lowest BCUT2D eigenvalue weighted by Crippen LogP contribution is -2.14. The lowest BCUT2D eigenvalue weighted by Gasteiger charge is -2.13. The fourth-order valence-corrected chi connectivity index (χ4v) is 3.55.